The van der Waals surface area contributed by atoms with E-state index in [1.807, 2.05) is 6.07 Å². The molecule has 2 aromatic heterocycles. The van der Waals surface area contributed by atoms with E-state index in [1.54, 1.807) is 18.3 Å². The van der Waals surface area contributed by atoms with Crippen molar-refractivity contribution in [2.75, 3.05) is 38.5 Å². The van der Waals surface area contributed by atoms with Gasteiger partial charge in [0.25, 0.3) is 5.91 Å². The van der Waals surface area contributed by atoms with Crippen LogP contribution in [0.15, 0.2) is 42.7 Å². The fourth-order valence-electron chi connectivity index (χ4n) is 4.63. The zero-order chi connectivity index (χ0) is 27.2. The highest BCUT2D eigenvalue weighted by Crippen LogP contribution is 2.43. The number of nitrogens with one attached hydrogen (secondary N) is 3. The number of halogens is 1. The minimum Gasteiger partial charge on any atom is -0.332 e. The number of hydrogen-bond donors (Lipinski definition) is 3. The van der Waals surface area contributed by atoms with E-state index in [0.29, 0.717) is 28.6 Å². The lowest BCUT2D eigenvalue weighted by molar-refractivity contribution is 0.102. The van der Waals surface area contributed by atoms with Gasteiger partial charge in [-0.05, 0) is 73.2 Å². The number of likely N-dealkylation sites (N-methyl/N-ethyl adjacent to an activating group) is 1. The van der Waals surface area contributed by atoms with Crippen molar-refractivity contribution in [3.05, 3.63) is 82.2 Å². The van der Waals surface area contributed by atoms with E-state index in [1.165, 1.54) is 36.2 Å². The van der Waals surface area contributed by atoms with Crippen molar-refractivity contribution in [2.24, 2.45) is 0 Å². The van der Waals surface area contributed by atoms with Crippen molar-refractivity contribution >= 4 is 23.9 Å². The van der Waals surface area contributed by atoms with Crippen LogP contribution in [0.25, 0.3) is 6.08 Å². The summed E-state index contributed by atoms with van der Waals surface area (Å²) >= 11 is 0. The molecule has 3 heterocycles. The maximum absolute atomic E-state index is 13.6. The first-order chi connectivity index (χ1) is 19.0. The van der Waals surface area contributed by atoms with Gasteiger partial charge in [0.2, 0.25) is 0 Å². The second kappa shape index (κ2) is 12.2. The third-order valence-electron chi connectivity index (χ3n) is 7.05. The molecule has 0 atom stereocenters. The minimum absolute atomic E-state index is 0.173. The van der Waals surface area contributed by atoms with Gasteiger partial charge in [-0.15, -0.1) is 0 Å². The molecule has 1 aliphatic carbocycles. The van der Waals surface area contributed by atoms with Crippen LogP contribution >= 0.6 is 0 Å². The average molecular weight is 526 g/mol. The van der Waals surface area contributed by atoms with Crippen LogP contribution in [-0.4, -0.2) is 70.1 Å². The van der Waals surface area contributed by atoms with E-state index in [9.17, 15) is 9.18 Å². The van der Waals surface area contributed by atoms with Gasteiger partial charge < -0.3 is 20.6 Å². The lowest BCUT2D eigenvalue weighted by atomic mass is 10.0. The predicted octanol–water partition coefficient (Wildman–Crippen LogP) is 4.21. The standard InChI is InChI=1S/C30H32FN7O/c1-37-11-13-38(14-12-37)20-23-7-8-25(16-27(23)21-4-5-21)36-30(39)24-15-22(28(17-31)33-18-24)6-9-26-19-34-29(35-26)3-2-10-32/h2-3,7-8,10,15-16,18-19,21,32H,4-5,11-14,17,20H2,1H3,(H,34,35)(H,36,39)/b3-2-,32-10?. The van der Waals surface area contributed by atoms with Crippen molar-refractivity contribution in [1.29, 1.82) is 5.41 Å². The molecule has 0 bridgehead atoms. The first kappa shape index (κ1) is 26.5. The number of hydrogen-bond acceptors (Lipinski definition) is 6. The van der Waals surface area contributed by atoms with E-state index < -0.39 is 6.67 Å². The van der Waals surface area contributed by atoms with Gasteiger partial charge in [-0.25, -0.2) is 9.37 Å². The normalized spacial score (nSPS) is 16.2. The molecule has 1 aromatic carbocycles. The summed E-state index contributed by atoms with van der Waals surface area (Å²) in [5, 5.41) is 10.1. The van der Waals surface area contributed by atoms with E-state index in [2.05, 4.69) is 61.1 Å². The molecule has 5 rings (SSSR count). The molecular weight excluding hydrogens is 493 g/mol. The third kappa shape index (κ3) is 6.85. The van der Waals surface area contributed by atoms with Crippen LogP contribution in [0.3, 0.4) is 0 Å². The summed E-state index contributed by atoms with van der Waals surface area (Å²) in [4.78, 5) is 29.3. The monoisotopic (exact) mass is 525 g/mol. The van der Waals surface area contributed by atoms with Gasteiger partial charge in [0, 0.05) is 50.8 Å². The summed E-state index contributed by atoms with van der Waals surface area (Å²) in [5.41, 5.74) is 4.76. The third-order valence-corrected chi connectivity index (χ3v) is 7.05. The van der Waals surface area contributed by atoms with Gasteiger partial charge >= 0.3 is 0 Å². The lowest BCUT2D eigenvalue weighted by Gasteiger charge is -2.32. The highest BCUT2D eigenvalue weighted by molar-refractivity contribution is 6.04. The van der Waals surface area contributed by atoms with Crippen molar-refractivity contribution in [1.82, 2.24) is 24.8 Å². The summed E-state index contributed by atoms with van der Waals surface area (Å²) < 4.78 is 13.6. The van der Waals surface area contributed by atoms with E-state index in [4.69, 9.17) is 5.41 Å². The fourth-order valence-corrected chi connectivity index (χ4v) is 4.63. The van der Waals surface area contributed by atoms with Crippen LogP contribution in [0.2, 0.25) is 0 Å². The Morgan fingerprint density at radius 2 is 2.00 bits per heavy atom. The van der Waals surface area contributed by atoms with Crippen LogP contribution in [0.5, 0.6) is 0 Å². The molecule has 2 fully saturated rings. The van der Waals surface area contributed by atoms with Crippen molar-refractivity contribution in [2.45, 2.75) is 32.0 Å². The van der Waals surface area contributed by atoms with E-state index in [0.717, 1.165) is 44.6 Å². The molecule has 1 aliphatic heterocycles. The van der Waals surface area contributed by atoms with E-state index in [-0.39, 0.29) is 11.6 Å². The summed E-state index contributed by atoms with van der Waals surface area (Å²) in [6, 6.07) is 7.77. The molecule has 39 heavy (non-hydrogen) atoms. The molecule has 1 saturated carbocycles. The summed E-state index contributed by atoms with van der Waals surface area (Å²) in [5.74, 6) is 6.62. The second-order valence-corrected chi connectivity index (χ2v) is 10.0. The number of anilines is 1. The zero-order valence-electron chi connectivity index (χ0n) is 22.0. The minimum atomic E-state index is -0.790. The number of amides is 1. The van der Waals surface area contributed by atoms with Crippen LogP contribution in [-0.2, 0) is 13.2 Å². The number of pyridine rings is 1. The predicted molar refractivity (Wildman–Crippen MR) is 151 cm³/mol. The first-order valence-corrected chi connectivity index (χ1v) is 13.2. The number of benzene rings is 1. The quantitative estimate of drug-likeness (QED) is 0.302. The van der Waals surface area contributed by atoms with E-state index >= 15 is 0 Å². The zero-order valence-corrected chi connectivity index (χ0v) is 22.0. The number of H-pyrrole nitrogens is 1. The van der Waals surface area contributed by atoms with Gasteiger partial charge in [-0.2, -0.15) is 0 Å². The largest absolute Gasteiger partial charge is 0.332 e. The number of nitrogens with zero attached hydrogens (tertiary/aromatic N) is 4. The van der Waals surface area contributed by atoms with Crippen LogP contribution in [0.4, 0.5) is 10.1 Å². The SMILES string of the molecule is CN1CCN(Cc2ccc(NC(=O)c3cnc(CF)c(C#Cc4cnc(/C=C\C=N)[nH]4)c3)cc2C2CC2)CC1. The summed E-state index contributed by atoms with van der Waals surface area (Å²) in [6.07, 6.45) is 9.64. The molecule has 3 aromatic rings. The summed E-state index contributed by atoms with van der Waals surface area (Å²) in [7, 11) is 2.16. The molecule has 8 nitrogen and oxygen atoms in total. The Bertz CT molecular complexity index is 1440. The number of alkyl halides is 1. The van der Waals surface area contributed by atoms with Gasteiger partial charge in [0.05, 0.1) is 23.0 Å². The summed E-state index contributed by atoms with van der Waals surface area (Å²) in [6.45, 7) is 4.44. The Balaban J connectivity index is 1.31. The molecule has 2 aliphatic rings. The number of aromatic nitrogens is 3. The molecule has 9 heteroatoms. The Hall–Kier alpha value is -4.13. The van der Waals surface area contributed by atoms with Gasteiger partial charge in [0.15, 0.2) is 0 Å². The smallest absolute Gasteiger partial charge is 0.257 e. The Kier molecular flexibility index (Phi) is 8.25. The number of piperazine rings is 1. The molecule has 0 spiro atoms. The molecule has 3 N–H and O–H groups in total. The highest BCUT2D eigenvalue weighted by atomic mass is 19.1. The Morgan fingerprint density at radius 1 is 1.18 bits per heavy atom. The molecule has 0 radical (unpaired) electrons. The Labute approximate surface area is 227 Å². The number of carbonyl (C=O) groups excluding carboxylic acids is 1. The number of carbonyl (C=O) groups is 1. The number of rotatable bonds is 8. The highest BCUT2D eigenvalue weighted by Gasteiger charge is 2.27. The van der Waals surface area contributed by atoms with Crippen molar-refractivity contribution < 1.29 is 9.18 Å². The lowest BCUT2D eigenvalue weighted by Crippen LogP contribution is -2.44. The molecular formula is C30H32FN7O. The second-order valence-electron chi connectivity index (χ2n) is 10.0. The molecule has 0 unspecified atom stereocenters. The molecule has 1 amide bonds. The van der Waals surface area contributed by atoms with Crippen molar-refractivity contribution in [3.63, 3.8) is 0 Å². The van der Waals surface area contributed by atoms with Crippen LogP contribution in [0, 0.1) is 17.3 Å². The molecule has 1 saturated heterocycles. The maximum atomic E-state index is 13.6. The van der Waals surface area contributed by atoms with Crippen LogP contribution in [0.1, 0.15) is 63.0 Å². The number of aromatic amines is 1. The maximum Gasteiger partial charge on any atom is 0.257 e. The van der Waals surface area contributed by atoms with Gasteiger partial charge in [-0.3, -0.25) is 14.7 Å². The Morgan fingerprint density at radius 3 is 2.74 bits per heavy atom. The van der Waals surface area contributed by atoms with Gasteiger partial charge in [-0.1, -0.05) is 12.0 Å². The van der Waals surface area contributed by atoms with Gasteiger partial charge in [0.1, 0.15) is 18.2 Å². The number of allylic oxidation sites excluding steroid dienone is 1. The fraction of sp³-hybridized carbons (Fsp3) is 0.333. The number of imidazole rings is 1. The topological polar surface area (TPSA) is 101 Å². The average Bonchev–Trinajstić information content (AvgIpc) is 3.70. The van der Waals surface area contributed by atoms with Crippen molar-refractivity contribution in [3.8, 4) is 11.8 Å². The first-order valence-electron chi connectivity index (χ1n) is 13.2. The van der Waals surface area contributed by atoms with Crippen LogP contribution < -0.4 is 5.32 Å². The molecule has 200 valence electrons.